The molecule has 0 saturated carbocycles. The molecule has 1 heterocycles. The predicted octanol–water partition coefficient (Wildman–Crippen LogP) is 3.88. The van der Waals surface area contributed by atoms with Crippen LogP contribution in [0.2, 0.25) is 0 Å². The minimum atomic E-state index is -4.78. The molecule has 0 saturated heterocycles. The standard InChI is InChI=1S/C13H9F4N3O/c14-10-3-1-2-9(13(15,16)17)11(10)20-12(21)19-8-4-6-18-7-5-8/h1-7H,(H2,18,19,20,21). The number of carbonyl (C=O) groups excluding carboxylic acids is 1. The van der Waals surface area contributed by atoms with Gasteiger partial charge in [0.05, 0.1) is 11.3 Å². The lowest BCUT2D eigenvalue weighted by atomic mass is 10.1. The van der Waals surface area contributed by atoms with E-state index in [4.69, 9.17) is 0 Å². The molecule has 8 heteroatoms. The Kier molecular flexibility index (Phi) is 4.06. The minimum absolute atomic E-state index is 0.312. The number of aromatic nitrogens is 1. The molecule has 2 rings (SSSR count). The van der Waals surface area contributed by atoms with E-state index in [0.717, 1.165) is 12.1 Å². The average Bonchev–Trinajstić information content (AvgIpc) is 2.41. The van der Waals surface area contributed by atoms with Crippen LogP contribution in [0.15, 0.2) is 42.7 Å². The minimum Gasteiger partial charge on any atom is -0.308 e. The predicted molar refractivity (Wildman–Crippen MR) is 68.3 cm³/mol. The van der Waals surface area contributed by atoms with Gasteiger partial charge in [-0.2, -0.15) is 13.2 Å². The second-order valence-corrected chi connectivity index (χ2v) is 3.98. The molecule has 0 fully saturated rings. The second kappa shape index (κ2) is 5.78. The van der Waals surface area contributed by atoms with Crippen LogP contribution in [-0.2, 0) is 6.18 Å². The molecule has 1 aromatic heterocycles. The van der Waals surface area contributed by atoms with Crippen LogP contribution in [0, 0.1) is 5.82 Å². The van der Waals surface area contributed by atoms with E-state index < -0.39 is 29.3 Å². The molecule has 2 amide bonds. The highest BCUT2D eigenvalue weighted by atomic mass is 19.4. The number of hydrogen-bond acceptors (Lipinski definition) is 2. The van der Waals surface area contributed by atoms with Crippen molar-refractivity contribution < 1.29 is 22.4 Å². The van der Waals surface area contributed by atoms with Crippen LogP contribution in [0.1, 0.15) is 5.56 Å². The van der Waals surface area contributed by atoms with Crippen molar-refractivity contribution in [2.75, 3.05) is 10.6 Å². The molecule has 0 atom stereocenters. The molecule has 4 nitrogen and oxygen atoms in total. The Hall–Kier alpha value is -2.64. The number of benzene rings is 1. The van der Waals surface area contributed by atoms with E-state index >= 15 is 0 Å². The number of pyridine rings is 1. The van der Waals surface area contributed by atoms with Crippen molar-refractivity contribution in [3.8, 4) is 0 Å². The first-order valence-electron chi connectivity index (χ1n) is 5.71. The van der Waals surface area contributed by atoms with Crippen molar-refractivity contribution in [2.45, 2.75) is 6.18 Å². The van der Waals surface area contributed by atoms with Crippen molar-refractivity contribution in [3.63, 3.8) is 0 Å². The highest BCUT2D eigenvalue weighted by molar-refractivity contribution is 6.00. The van der Waals surface area contributed by atoms with E-state index in [1.807, 2.05) is 5.32 Å². The Morgan fingerprint density at radius 3 is 2.33 bits per heavy atom. The van der Waals surface area contributed by atoms with Gasteiger partial charge in [-0.25, -0.2) is 9.18 Å². The zero-order valence-electron chi connectivity index (χ0n) is 10.4. The summed E-state index contributed by atoms with van der Waals surface area (Å²) in [4.78, 5) is 15.4. The summed E-state index contributed by atoms with van der Waals surface area (Å²) in [5, 5.41) is 4.14. The summed E-state index contributed by atoms with van der Waals surface area (Å²) in [7, 11) is 0. The van der Waals surface area contributed by atoms with E-state index in [1.54, 1.807) is 0 Å². The molecule has 0 aliphatic heterocycles. The third kappa shape index (κ3) is 3.68. The summed E-state index contributed by atoms with van der Waals surface area (Å²) in [6.45, 7) is 0. The lowest BCUT2D eigenvalue weighted by Crippen LogP contribution is -2.22. The van der Waals surface area contributed by atoms with Gasteiger partial charge in [0.2, 0.25) is 0 Å². The molecular formula is C13H9F4N3O. The first-order chi connectivity index (χ1) is 9.88. The van der Waals surface area contributed by atoms with E-state index in [0.29, 0.717) is 11.8 Å². The number of halogens is 4. The number of nitrogens with zero attached hydrogens (tertiary/aromatic N) is 1. The molecule has 0 aliphatic rings. The van der Waals surface area contributed by atoms with Crippen molar-refractivity contribution in [2.24, 2.45) is 0 Å². The lowest BCUT2D eigenvalue weighted by molar-refractivity contribution is -0.137. The number of para-hydroxylation sites is 1. The fraction of sp³-hybridized carbons (Fsp3) is 0.0769. The molecule has 2 N–H and O–H groups in total. The van der Waals surface area contributed by atoms with Gasteiger partial charge in [-0.3, -0.25) is 4.98 Å². The van der Waals surface area contributed by atoms with E-state index in [2.05, 4.69) is 10.3 Å². The Labute approximate surface area is 116 Å². The zero-order chi connectivity index (χ0) is 15.5. The van der Waals surface area contributed by atoms with Crippen LogP contribution in [0.4, 0.5) is 33.7 Å². The third-order valence-electron chi connectivity index (χ3n) is 2.50. The monoisotopic (exact) mass is 299 g/mol. The maximum absolute atomic E-state index is 13.5. The molecule has 0 aliphatic carbocycles. The zero-order valence-corrected chi connectivity index (χ0v) is 10.4. The molecule has 0 radical (unpaired) electrons. The fourth-order valence-corrected chi connectivity index (χ4v) is 1.60. The van der Waals surface area contributed by atoms with Crippen LogP contribution in [-0.4, -0.2) is 11.0 Å². The Balaban J connectivity index is 2.21. The van der Waals surface area contributed by atoms with Gasteiger partial charge in [0.25, 0.3) is 0 Å². The van der Waals surface area contributed by atoms with Gasteiger partial charge >= 0.3 is 12.2 Å². The normalized spacial score (nSPS) is 11.0. The van der Waals surface area contributed by atoms with E-state index in [1.165, 1.54) is 24.5 Å². The number of amides is 2. The molecule has 0 spiro atoms. The van der Waals surface area contributed by atoms with Crippen LogP contribution in [0.3, 0.4) is 0 Å². The SMILES string of the molecule is O=C(Nc1ccncc1)Nc1c(F)cccc1C(F)(F)F. The summed E-state index contributed by atoms with van der Waals surface area (Å²) >= 11 is 0. The van der Waals surface area contributed by atoms with Gasteiger partial charge < -0.3 is 10.6 Å². The van der Waals surface area contributed by atoms with Gasteiger partial charge in [0.15, 0.2) is 0 Å². The van der Waals surface area contributed by atoms with Gasteiger partial charge in [0.1, 0.15) is 5.82 Å². The smallest absolute Gasteiger partial charge is 0.308 e. The Morgan fingerprint density at radius 1 is 1.05 bits per heavy atom. The van der Waals surface area contributed by atoms with Crippen molar-refractivity contribution in [1.29, 1.82) is 0 Å². The molecule has 110 valence electrons. The molecule has 21 heavy (non-hydrogen) atoms. The lowest BCUT2D eigenvalue weighted by Gasteiger charge is -2.14. The molecule has 2 aromatic rings. The van der Waals surface area contributed by atoms with Gasteiger partial charge in [-0.05, 0) is 24.3 Å². The summed E-state index contributed by atoms with van der Waals surface area (Å²) in [6, 6.07) is 4.32. The summed E-state index contributed by atoms with van der Waals surface area (Å²) < 4.78 is 51.8. The largest absolute Gasteiger partial charge is 0.418 e. The molecular weight excluding hydrogens is 290 g/mol. The van der Waals surface area contributed by atoms with Crippen LogP contribution < -0.4 is 10.6 Å². The van der Waals surface area contributed by atoms with Crippen LogP contribution in [0.25, 0.3) is 0 Å². The molecule has 0 bridgehead atoms. The maximum Gasteiger partial charge on any atom is 0.418 e. The number of urea groups is 1. The van der Waals surface area contributed by atoms with Crippen LogP contribution in [0.5, 0.6) is 0 Å². The molecule has 0 unspecified atom stereocenters. The number of hydrogen-bond donors (Lipinski definition) is 2. The number of nitrogens with one attached hydrogen (secondary N) is 2. The summed E-state index contributed by atoms with van der Waals surface area (Å²) in [6.07, 6.45) is -2.00. The van der Waals surface area contributed by atoms with E-state index in [-0.39, 0.29) is 0 Å². The average molecular weight is 299 g/mol. The number of anilines is 2. The summed E-state index contributed by atoms with van der Waals surface area (Å²) in [5.41, 5.74) is -1.86. The Bertz CT molecular complexity index is 644. The number of alkyl halides is 3. The fourth-order valence-electron chi connectivity index (χ4n) is 1.60. The number of carbonyl (C=O) groups is 1. The summed E-state index contributed by atoms with van der Waals surface area (Å²) in [5.74, 6) is -1.17. The third-order valence-corrected chi connectivity index (χ3v) is 2.50. The highest BCUT2D eigenvalue weighted by Crippen LogP contribution is 2.36. The Morgan fingerprint density at radius 2 is 1.71 bits per heavy atom. The van der Waals surface area contributed by atoms with Gasteiger partial charge in [-0.1, -0.05) is 6.07 Å². The highest BCUT2D eigenvalue weighted by Gasteiger charge is 2.35. The molecule has 1 aromatic carbocycles. The number of rotatable bonds is 2. The first-order valence-corrected chi connectivity index (χ1v) is 5.71. The quantitative estimate of drug-likeness (QED) is 0.827. The van der Waals surface area contributed by atoms with Gasteiger partial charge in [0, 0.05) is 18.1 Å². The first kappa shape index (κ1) is 14.8. The van der Waals surface area contributed by atoms with Crippen molar-refractivity contribution >= 4 is 17.4 Å². The second-order valence-electron chi connectivity index (χ2n) is 3.98. The van der Waals surface area contributed by atoms with Crippen molar-refractivity contribution in [1.82, 2.24) is 4.98 Å². The maximum atomic E-state index is 13.5. The topological polar surface area (TPSA) is 54.0 Å². The van der Waals surface area contributed by atoms with Crippen molar-refractivity contribution in [3.05, 3.63) is 54.1 Å². The van der Waals surface area contributed by atoms with Gasteiger partial charge in [-0.15, -0.1) is 0 Å². The van der Waals surface area contributed by atoms with Crippen LogP contribution >= 0.6 is 0 Å². The van der Waals surface area contributed by atoms with E-state index in [9.17, 15) is 22.4 Å².